The summed E-state index contributed by atoms with van der Waals surface area (Å²) >= 11 is 5.53. The quantitative estimate of drug-likeness (QED) is 0.703. The summed E-state index contributed by atoms with van der Waals surface area (Å²) in [5.41, 5.74) is 2.44. The molecule has 0 aliphatic heterocycles. The fraction of sp³-hybridized carbons (Fsp3) is 0.368. The van der Waals surface area contributed by atoms with Gasteiger partial charge in [-0.1, -0.05) is 31.2 Å². The highest BCUT2D eigenvalue weighted by Crippen LogP contribution is 2.18. The minimum absolute atomic E-state index is 0.177. The average molecular weight is 335 g/mol. The van der Waals surface area contributed by atoms with Crippen molar-refractivity contribution >= 4 is 11.6 Å². The average Bonchev–Trinajstić information content (AvgIpc) is 2.60. The number of rotatable bonds is 9. The molecule has 2 aromatic rings. The molecule has 2 aromatic carbocycles. The van der Waals surface area contributed by atoms with Crippen LogP contribution in [0, 0.1) is 0 Å². The molecule has 4 heteroatoms. The maximum atomic E-state index is 9.38. The molecule has 1 unspecified atom stereocenters. The second-order valence-electron chi connectivity index (χ2n) is 5.43. The predicted octanol–water partition coefficient (Wildman–Crippen LogP) is 4.04. The molecule has 0 saturated heterocycles. The zero-order valence-corrected chi connectivity index (χ0v) is 14.1. The van der Waals surface area contributed by atoms with Gasteiger partial charge in [0.15, 0.2) is 0 Å². The van der Waals surface area contributed by atoms with Crippen molar-refractivity contribution in [1.82, 2.24) is 0 Å². The number of aliphatic hydroxyl groups excluding tert-OH is 1. The van der Waals surface area contributed by atoms with Crippen LogP contribution in [0.25, 0.3) is 0 Å². The SMILES string of the molecule is CCCOc1ccc(Cc2ccc(OCC(O)CCl)cc2)cc1. The van der Waals surface area contributed by atoms with Crippen molar-refractivity contribution in [3.8, 4) is 11.5 Å². The third kappa shape index (κ3) is 6.12. The van der Waals surface area contributed by atoms with Crippen LogP contribution in [0.15, 0.2) is 48.5 Å². The second kappa shape index (κ2) is 9.43. The normalized spacial score (nSPS) is 12.0. The third-order valence-corrected chi connectivity index (χ3v) is 3.70. The summed E-state index contributed by atoms with van der Waals surface area (Å²) in [4.78, 5) is 0. The van der Waals surface area contributed by atoms with E-state index < -0.39 is 6.10 Å². The van der Waals surface area contributed by atoms with Gasteiger partial charge >= 0.3 is 0 Å². The number of ether oxygens (including phenoxy) is 2. The Labute approximate surface area is 142 Å². The maximum absolute atomic E-state index is 9.38. The number of halogens is 1. The minimum Gasteiger partial charge on any atom is -0.494 e. The maximum Gasteiger partial charge on any atom is 0.119 e. The van der Waals surface area contributed by atoms with Gasteiger partial charge in [-0.2, -0.15) is 0 Å². The van der Waals surface area contributed by atoms with Crippen molar-refractivity contribution in [2.24, 2.45) is 0 Å². The number of alkyl halides is 1. The van der Waals surface area contributed by atoms with Crippen molar-refractivity contribution in [1.29, 1.82) is 0 Å². The van der Waals surface area contributed by atoms with E-state index >= 15 is 0 Å². The Morgan fingerprint density at radius 2 is 1.43 bits per heavy atom. The highest BCUT2D eigenvalue weighted by molar-refractivity contribution is 6.18. The molecule has 124 valence electrons. The lowest BCUT2D eigenvalue weighted by Crippen LogP contribution is -2.18. The molecule has 3 nitrogen and oxygen atoms in total. The summed E-state index contributed by atoms with van der Waals surface area (Å²) in [7, 11) is 0. The van der Waals surface area contributed by atoms with Gasteiger partial charge in [0, 0.05) is 0 Å². The fourth-order valence-electron chi connectivity index (χ4n) is 2.10. The molecule has 0 aliphatic carbocycles. The van der Waals surface area contributed by atoms with Gasteiger partial charge in [-0.3, -0.25) is 0 Å². The van der Waals surface area contributed by atoms with Crippen LogP contribution in [0.4, 0.5) is 0 Å². The molecule has 1 atom stereocenters. The predicted molar refractivity (Wildman–Crippen MR) is 93.7 cm³/mol. The minimum atomic E-state index is -0.634. The van der Waals surface area contributed by atoms with Crippen LogP contribution in [-0.4, -0.2) is 30.3 Å². The zero-order valence-electron chi connectivity index (χ0n) is 13.4. The summed E-state index contributed by atoms with van der Waals surface area (Å²) in [6, 6.07) is 16.1. The Balaban J connectivity index is 1.87. The topological polar surface area (TPSA) is 38.7 Å². The first-order chi connectivity index (χ1) is 11.2. The van der Waals surface area contributed by atoms with Crippen molar-refractivity contribution in [2.75, 3.05) is 19.1 Å². The van der Waals surface area contributed by atoms with Gasteiger partial charge in [0.25, 0.3) is 0 Å². The van der Waals surface area contributed by atoms with E-state index in [2.05, 4.69) is 19.1 Å². The molecule has 23 heavy (non-hydrogen) atoms. The van der Waals surface area contributed by atoms with Crippen molar-refractivity contribution in [2.45, 2.75) is 25.9 Å². The highest BCUT2D eigenvalue weighted by Gasteiger charge is 2.03. The Morgan fingerprint density at radius 1 is 0.913 bits per heavy atom. The standard InChI is InChI=1S/C19H23ClO3/c1-2-11-22-18-7-3-15(4-8-18)12-16-5-9-19(10-6-16)23-14-17(21)13-20/h3-10,17,21H,2,11-14H2,1H3. The lowest BCUT2D eigenvalue weighted by atomic mass is 10.0. The van der Waals surface area contributed by atoms with Gasteiger partial charge < -0.3 is 14.6 Å². The van der Waals surface area contributed by atoms with Gasteiger partial charge in [0.1, 0.15) is 24.2 Å². The number of hydrogen-bond donors (Lipinski definition) is 1. The van der Waals surface area contributed by atoms with E-state index in [1.165, 1.54) is 11.1 Å². The second-order valence-corrected chi connectivity index (χ2v) is 5.74. The Morgan fingerprint density at radius 3 is 1.91 bits per heavy atom. The van der Waals surface area contributed by atoms with Crippen LogP contribution in [0.5, 0.6) is 11.5 Å². The van der Waals surface area contributed by atoms with Crippen molar-refractivity contribution in [3.05, 3.63) is 59.7 Å². The summed E-state index contributed by atoms with van der Waals surface area (Å²) in [5.74, 6) is 1.83. The molecule has 0 radical (unpaired) electrons. The van der Waals surface area contributed by atoms with Crippen molar-refractivity contribution in [3.63, 3.8) is 0 Å². The molecule has 0 amide bonds. The molecule has 0 saturated carbocycles. The van der Waals surface area contributed by atoms with E-state index in [-0.39, 0.29) is 12.5 Å². The molecule has 0 heterocycles. The molecule has 1 N–H and O–H groups in total. The van der Waals surface area contributed by atoms with Crippen LogP contribution >= 0.6 is 11.6 Å². The van der Waals surface area contributed by atoms with E-state index in [4.69, 9.17) is 21.1 Å². The molecule has 0 bridgehead atoms. The van der Waals surface area contributed by atoms with E-state index in [0.717, 1.165) is 30.9 Å². The van der Waals surface area contributed by atoms with Crippen LogP contribution in [-0.2, 0) is 6.42 Å². The zero-order chi connectivity index (χ0) is 16.5. The summed E-state index contributed by atoms with van der Waals surface area (Å²) in [6.45, 7) is 3.05. The third-order valence-electron chi connectivity index (χ3n) is 3.35. The lowest BCUT2D eigenvalue weighted by molar-refractivity contribution is 0.125. The van der Waals surface area contributed by atoms with Crippen LogP contribution in [0.3, 0.4) is 0 Å². The Hall–Kier alpha value is -1.71. The van der Waals surface area contributed by atoms with Gasteiger partial charge in [0.05, 0.1) is 12.5 Å². The molecule has 0 spiro atoms. The summed E-state index contributed by atoms with van der Waals surface area (Å²) in [5, 5.41) is 9.38. The van der Waals surface area contributed by atoms with Crippen LogP contribution in [0.1, 0.15) is 24.5 Å². The molecule has 0 fully saturated rings. The van der Waals surface area contributed by atoms with E-state index in [0.29, 0.717) is 0 Å². The first-order valence-corrected chi connectivity index (χ1v) is 8.42. The lowest BCUT2D eigenvalue weighted by Gasteiger charge is -2.10. The first-order valence-electron chi connectivity index (χ1n) is 7.88. The molecule has 2 rings (SSSR count). The van der Waals surface area contributed by atoms with E-state index in [1.54, 1.807) is 0 Å². The number of hydrogen-bond acceptors (Lipinski definition) is 3. The monoisotopic (exact) mass is 334 g/mol. The smallest absolute Gasteiger partial charge is 0.119 e. The largest absolute Gasteiger partial charge is 0.494 e. The highest BCUT2D eigenvalue weighted by atomic mass is 35.5. The Kier molecular flexibility index (Phi) is 7.24. The van der Waals surface area contributed by atoms with Gasteiger partial charge in [-0.05, 0) is 48.2 Å². The van der Waals surface area contributed by atoms with Gasteiger partial charge in [0.2, 0.25) is 0 Å². The van der Waals surface area contributed by atoms with Crippen molar-refractivity contribution < 1.29 is 14.6 Å². The Bertz CT molecular complexity index is 566. The summed E-state index contributed by atoms with van der Waals surface area (Å²) in [6.07, 6.45) is 1.24. The van der Waals surface area contributed by atoms with Gasteiger partial charge in [-0.15, -0.1) is 11.6 Å². The molecular weight excluding hydrogens is 312 g/mol. The number of benzene rings is 2. The molecular formula is C19H23ClO3. The first kappa shape index (κ1) is 17.6. The number of aliphatic hydroxyl groups is 1. The fourth-order valence-corrected chi connectivity index (χ4v) is 2.19. The van der Waals surface area contributed by atoms with E-state index in [1.807, 2.05) is 36.4 Å². The summed E-state index contributed by atoms with van der Waals surface area (Å²) < 4.78 is 11.1. The molecule has 0 aromatic heterocycles. The molecule has 0 aliphatic rings. The van der Waals surface area contributed by atoms with Gasteiger partial charge in [-0.25, -0.2) is 0 Å². The van der Waals surface area contributed by atoms with Crippen LogP contribution in [0.2, 0.25) is 0 Å². The van der Waals surface area contributed by atoms with E-state index in [9.17, 15) is 5.11 Å². The van der Waals surface area contributed by atoms with Crippen LogP contribution < -0.4 is 9.47 Å².